The molecule has 1 aromatic heterocycles. The highest BCUT2D eigenvalue weighted by Gasteiger charge is 2.35. The smallest absolute Gasteiger partial charge is 0.309 e. The third kappa shape index (κ3) is 8.85. The summed E-state index contributed by atoms with van der Waals surface area (Å²) in [7, 11) is 0. The van der Waals surface area contributed by atoms with E-state index in [1.54, 1.807) is 11.3 Å². The number of aliphatic hydroxyl groups is 2. The second kappa shape index (κ2) is 12.5. The molecule has 5 atom stereocenters. The van der Waals surface area contributed by atoms with Crippen LogP contribution in [0.2, 0.25) is 0 Å². The predicted octanol–water partition coefficient (Wildman–Crippen LogP) is 5.94. The number of allylic oxidation sites excluding steroid dienone is 1. The maximum Gasteiger partial charge on any atom is 0.309 e. The number of aliphatic hydroxyl groups excluding tert-OH is 2. The molecule has 1 aliphatic heterocycles. The van der Waals surface area contributed by atoms with Crippen LogP contribution < -0.4 is 0 Å². The lowest BCUT2D eigenvalue weighted by molar-refractivity contribution is -0.149. The van der Waals surface area contributed by atoms with Gasteiger partial charge in [-0.15, -0.1) is 23.1 Å². The number of hydrogen-bond donors (Lipinski definition) is 2. The second-order valence-corrected chi connectivity index (χ2v) is 13.0. The molecule has 0 saturated heterocycles. The van der Waals surface area contributed by atoms with Gasteiger partial charge in [-0.05, 0) is 71.4 Å². The molecule has 0 bridgehead atoms. The monoisotopic (exact) mass is 495 g/mol. The molecule has 0 fully saturated rings. The fourth-order valence-electron chi connectivity index (χ4n) is 4.08. The third-order valence-electron chi connectivity index (χ3n) is 6.42. The summed E-state index contributed by atoms with van der Waals surface area (Å²) in [5.74, 6) is -0.242. The van der Waals surface area contributed by atoms with Crippen LogP contribution in [0.15, 0.2) is 22.6 Å². The molecule has 7 heteroatoms. The number of cyclic esters (lactones) is 1. The maximum absolute atomic E-state index is 12.8. The number of hydrogen-bond acceptors (Lipinski definition) is 7. The molecule has 2 heterocycles. The Morgan fingerprint density at radius 3 is 2.61 bits per heavy atom. The van der Waals surface area contributed by atoms with Crippen LogP contribution in [0.5, 0.6) is 0 Å². The van der Waals surface area contributed by atoms with Crippen LogP contribution in [0.4, 0.5) is 0 Å². The van der Waals surface area contributed by atoms with Gasteiger partial charge in [0.25, 0.3) is 0 Å². The number of thioether (sulfide) groups is 1. The molecule has 33 heavy (non-hydrogen) atoms. The van der Waals surface area contributed by atoms with Gasteiger partial charge >= 0.3 is 5.97 Å². The molecule has 0 aromatic carbocycles. The lowest BCUT2D eigenvalue weighted by atomic mass is 9.94. The number of esters is 1. The number of carbonyl (C=O) groups is 1. The van der Waals surface area contributed by atoms with E-state index in [9.17, 15) is 15.0 Å². The lowest BCUT2D eigenvalue weighted by Gasteiger charge is -2.35. The summed E-state index contributed by atoms with van der Waals surface area (Å²) in [6, 6.07) is 0. The SMILES string of the molecule is C/C1=C/CC(/C(C)=C/c2csc(C)n2)OC(=O)CC(O)C(C)(C)SC(C)C(O)C(C)CCC1. The van der Waals surface area contributed by atoms with Gasteiger partial charge in [-0.25, -0.2) is 4.98 Å². The first kappa shape index (κ1) is 28.1. The van der Waals surface area contributed by atoms with Crippen LogP contribution in [0.25, 0.3) is 6.08 Å². The Morgan fingerprint density at radius 2 is 1.97 bits per heavy atom. The van der Waals surface area contributed by atoms with Gasteiger partial charge in [0, 0.05) is 21.8 Å². The number of thiazole rings is 1. The summed E-state index contributed by atoms with van der Waals surface area (Å²) in [4.78, 5) is 17.3. The van der Waals surface area contributed by atoms with E-state index in [4.69, 9.17) is 4.74 Å². The molecule has 5 nitrogen and oxygen atoms in total. The van der Waals surface area contributed by atoms with Crippen molar-refractivity contribution in [3.05, 3.63) is 33.3 Å². The Hall–Kier alpha value is -1.15. The van der Waals surface area contributed by atoms with Gasteiger partial charge in [0.15, 0.2) is 0 Å². The highest BCUT2D eigenvalue weighted by atomic mass is 32.2. The zero-order valence-corrected chi connectivity index (χ0v) is 22.8. The van der Waals surface area contributed by atoms with Crippen molar-refractivity contribution in [1.82, 2.24) is 4.98 Å². The first-order valence-corrected chi connectivity index (χ1v) is 13.6. The minimum Gasteiger partial charge on any atom is -0.457 e. The van der Waals surface area contributed by atoms with Gasteiger partial charge in [-0.1, -0.05) is 25.5 Å². The van der Waals surface area contributed by atoms with E-state index in [2.05, 4.69) is 24.9 Å². The summed E-state index contributed by atoms with van der Waals surface area (Å²) in [6.07, 6.45) is 5.79. The molecule has 2 rings (SSSR count). The van der Waals surface area contributed by atoms with Gasteiger partial charge in [0.05, 0.1) is 29.3 Å². The lowest BCUT2D eigenvalue weighted by Crippen LogP contribution is -2.40. The first-order chi connectivity index (χ1) is 15.4. The van der Waals surface area contributed by atoms with Crippen LogP contribution in [0.3, 0.4) is 0 Å². The van der Waals surface area contributed by atoms with Crippen molar-refractivity contribution in [2.75, 3.05) is 0 Å². The zero-order valence-electron chi connectivity index (χ0n) is 21.1. The molecule has 0 amide bonds. The minimum atomic E-state index is -0.878. The molecule has 1 aromatic rings. The molecular formula is C26H41NO4S2. The topological polar surface area (TPSA) is 79.7 Å². The molecular weight excluding hydrogens is 454 g/mol. The number of nitrogens with zero attached hydrogens (tertiary/aromatic N) is 1. The van der Waals surface area contributed by atoms with Gasteiger partial charge in [-0.2, -0.15) is 0 Å². The van der Waals surface area contributed by atoms with Crippen LogP contribution in [0, 0.1) is 12.8 Å². The highest BCUT2D eigenvalue weighted by molar-refractivity contribution is 8.01. The summed E-state index contributed by atoms with van der Waals surface area (Å²) in [5, 5.41) is 24.6. The normalized spacial score (nSPS) is 32.6. The highest BCUT2D eigenvalue weighted by Crippen LogP contribution is 2.37. The van der Waals surface area contributed by atoms with Crippen LogP contribution in [0.1, 0.15) is 84.3 Å². The van der Waals surface area contributed by atoms with Crippen molar-refractivity contribution in [2.45, 2.75) is 109 Å². The molecule has 186 valence electrons. The van der Waals surface area contributed by atoms with Crippen molar-refractivity contribution < 1.29 is 19.7 Å². The number of rotatable bonds is 2. The average molecular weight is 496 g/mol. The molecule has 1 aliphatic rings. The van der Waals surface area contributed by atoms with Gasteiger partial charge in [-0.3, -0.25) is 4.79 Å². The van der Waals surface area contributed by atoms with E-state index in [0.29, 0.717) is 6.42 Å². The Kier molecular flexibility index (Phi) is 10.7. The maximum atomic E-state index is 12.8. The van der Waals surface area contributed by atoms with Gasteiger partial charge < -0.3 is 14.9 Å². The second-order valence-electron chi connectivity index (χ2n) is 9.95. The van der Waals surface area contributed by atoms with E-state index in [1.807, 2.05) is 46.1 Å². The summed E-state index contributed by atoms with van der Waals surface area (Å²) < 4.78 is 5.28. The summed E-state index contributed by atoms with van der Waals surface area (Å²) >= 11 is 3.13. The Balaban J connectivity index is 2.27. The Labute approximate surface area is 207 Å². The Bertz CT molecular complexity index is 845. The largest absolute Gasteiger partial charge is 0.457 e. The quantitative estimate of drug-likeness (QED) is 0.391. The summed E-state index contributed by atoms with van der Waals surface area (Å²) in [5.41, 5.74) is 3.07. The van der Waals surface area contributed by atoms with Crippen molar-refractivity contribution in [3.8, 4) is 0 Å². The fraction of sp³-hybridized carbons (Fsp3) is 0.692. The molecule has 0 radical (unpaired) electrons. The van der Waals surface area contributed by atoms with E-state index in [0.717, 1.165) is 35.5 Å². The van der Waals surface area contributed by atoms with E-state index in [-0.39, 0.29) is 17.6 Å². The molecule has 0 spiro atoms. The Morgan fingerprint density at radius 1 is 1.27 bits per heavy atom. The molecule has 0 saturated carbocycles. The first-order valence-electron chi connectivity index (χ1n) is 11.9. The molecule has 2 N–H and O–H groups in total. The number of aromatic nitrogens is 1. The van der Waals surface area contributed by atoms with E-state index in [1.165, 1.54) is 17.3 Å². The molecule has 5 unspecified atom stereocenters. The van der Waals surface area contributed by atoms with Crippen molar-refractivity contribution >= 4 is 35.1 Å². The third-order valence-corrected chi connectivity index (χ3v) is 8.74. The summed E-state index contributed by atoms with van der Waals surface area (Å²) in [6.45, 7) is 14.0. The van der Waals surface area contributed by atoms with Crippen molar-refractivity contribution in [1.29, 1.82) is 0 Å². The van der Waals surface area contributed by atoms with Crippen molar-refractivity contribution in [3.63, 3.8) is 0 Å². The fourth-order valence-corrected chi connectivity index (χ4v) is 6.26. The van der Waals surface area contributed by atoms with Gasteiger partial charge in [0.2, 0.25) is 0 Å². The van der Waals surface area contributed by atoms with Crippen molar-refractivity contribution in [2.24, 2.45) is 5.92 Å². The average Bonchev–Trinajstić information content (AvgIpc) is 3.13. The standard InChI is InChI=1S/C26H41NO4S2/c1-16-9-8-10-17(2)25(30)19(4)33-26(6,7)23(28)14-24(29)31-22(12-11-16)18(3)13-21-15-32-20(5)27-21/h11,13,15,17,19,22-23,25,28,30H,8-10,12,14H2,1-7H3/b16-11-,18-13+. The number of aryl methyl sites for hydroxylation is 1. The molecule has 0 aliphatic carbocycles. The van der Waals surface area contributed by atoms with E-state index < -0.39 is 29.0 Å². The number of carbonyl (C=O) groups excluding carboxylic acids is 1. The van der Waals surface area contributed by atoms with Crippen LogP contribution >= 0.6 is 23.1 Å². The zero-order chi connectivity index (χ0) is 24.8. The van der Waals surface area contributed by atoms with Crippen LogP contribution in [-0.4, -0.2) is 49.5 Å². The van der Waals surface area contributed by atoms with E-state index >= 15 is 0 Å². The van der Waals surface area contributed by atoms with Crippen LogP contribution in [-0.2, 0) is 9.53 Å². The number of ether oxygens (including phenoxy) is 1. The predicted molar refractivity (Wildman–Crippen MR) is 140 cm³/mol. The van der Waals surface area contributed by atoms with Gasteiger partial charge in [0.1, 0.15) is 6.10 Å². The minimum absolute atomic E-state index is 0.0512.